The smallest absolute Gasteiger partial charge is 0.289 e. The molecule has 0 aliphatic carbocycles. The monoisotopic (exact) mass is 285 g/mol. The van der Waals surface area contributed by atoms with E-state index in [0.29, 0.717) is 24.5 Å². The first kappa shape index (κ1) is 14.1. The van der Waals surface area contributed by atoms with Crippen LogP contribution in [0, 0.1) is 13.8 Å². The molecule has 2 heterocycles. The lowest BCUT2D eigenvalue weighted by atomic mass is 10.2. The Kier molecular flexibility index (Phi) is 3.71. The van der Waals surface area contributed by atoms with Gasteiger partial charge in [0.05, 0.1) is 11.0 Å². The number of rotatable bonds is 1. The molecule has 0 N–H and O–H groups in total. The average molecular weight is 285 g/mol. The van der Waals surface area contributed by atoms with Gasteiger partial charge < -0.3 is 9.32 Å². The van der Waals surface area contributed by atoms with E-state index in [-0.39, 0.29) is 23.5 Å². The van der Waals surface area contributed by atoms with Gasteiger partial charge in [-0.2, -0.15) is 0 Å². The largest absolute Gasteiger partial charge is 0.456 e. The van der Waals surface area contributed by atoms with E-state index in [9.17, 15) is 13.2 Å². The molecule has 19 heavy (non-hydrogen) atoms. The van der Waals surface area contributed by atoms with Crippen molar-refractivity contribution in [3.05, 3.63) is 23.2 Å². The molecule has 0 bridgehead atoms. The minimum absolute atomic E-state index is 0.0264. The summed E-state index contributed by atoms with van der Waals surface area (Å²) in [6, 6.07) is 1.81. The van der Waals surface area contributed by atoms with Gasteiger partial charge in [-0.05, 0) is 33.3 Å². The molecule has 0 aromatic carbocycles. The summed E-state index contributed by atoms with van der Waals surface area (Å²) < 4.78 is 29.0. The molecule has 5 nitrogen and oxygen atoms in total. The molecule has 1 aliphatic heterocycles. The zero-order chi connectivity index (χ0) is 14.2. The van der Waals surface area contributed by atoms with E-state index in [0.717, 1.165) is 5.56 Å². The molecule has 1 saturated heterocycles. The molecule has 0 saturated carbocycles. The number of carbonyl (C=O) groups excluding carboxylic acids is 1. The van der Waals surface area contributed by atoms with Gasteiger partial charge in [0.1, 0.15) is 5.76 Å². The zero-order valence-electron chi connectivity index (χ0n) is 11.5. The Hall–Kier alpha value is -1.30. The van der Waals surface area contributed by atoms with Crippen LogP contribution in [0.1, 0.15) is 35.2 Å². The van der Waals surface area contributed by atoms with Crippen molar-refractivity contribution in [2.24, 2.45) is 0 Å². The van der Waals surface area contributed by atoms with Gasteiger partial charge in [-0.25, -0.2) is 8.42 Å². The van der Waals surface area contributed by atoms with Crippen molar-refractivity contribution in [2.45, 2.75) is 32.4 Å². The van der Waals surface area contributed by atoms with Crippen molar-refractivity contribution < 1.29 is 17.6 Å². The summed E-state index contributed by atoms with van der Waals surface area (Å²) in [7, 11) is -3.08. The lowest BCUT2D eigenvalue weighted by molar-refractivity contribution is 0.0732. The number of carbonyl (C=O) groups is 1. The molecule has 1 unspecified atom stereocenters. The Balaban J connectivity index is 2.19. The average Bonchev–Trinajstić information content (AvgIpc) is 2.60. The number of amides is 1. The lowest BCUT2D eigenvalue weighted by Crippen LogP contribution is -2.33. The van der Waals surface area contributed by atoms with E-state index >= 15 is 0 Å². The van der Waals surface area contributed by atoms with E-state index in [2.05, 4.69) is 0 Å². The predicted molar refractivity (Wildman–Crippen MR) is 72.0 cm³/mol. The fraction of sp³-hybridized carbons (Fsp3) is 0.615. The van der Waals surface area contributed by atoms with Crippen LogP contribution < -0.4 is 0 Å². The van der Waals surface area contributed by atoms with E-state index in [1.807, 2.05) is 13.0 Å². The minimum atomic E-state index is -3.08. The van der Waals surface area contributed by atoms with Crippen LogP contribution in [0.5, 0.6) is 0 Å². The van der Waals surface area contributed by atoms with Crippen LogP contribution in [0.3, 0.4) is 0 Å². The molecular weight excluding hydrogens is 266 g/mol. The van der Waals surface area contributed by atoms with Gasteiger partial charge >= 0.3 is 0 Å². The second-order valence-electron chi connectivity index (χ2n) is 5.13. The number of nitrogens with zero attached hydrogens (tertiary/aromatic N) is 1. The molecule has 0 radical (unpaired) electrons. The van der Waals surface area contributed by atoms with Crippen molar-refractivity contribution >= 4 is 15.7 Å². The van der Waals surface area contributed by atoms with Crippen LogP contribution in [0.25, 0.3) is 0 Å². The van der Waals surface area contributed by atoms with Crippen LogP contribution in [-0.4, -0.2) is 43.3 Å². The number of hydrogen-bond acceptors (Lipinski definition) is 4. The molecule has 1 aromatic heterocycles. The van der Waals surface area contributed by atoms with Gasteiger partial charge in [0, 0.05) is 18.7 Å². The number of hydrogen-bond donors (Lipinski definition) is 0. The molecule has 1 amide bonds. The maximum Gasteiger partial charge on any atom is 0.289 e. The maximum atomic E-state index is 12.3. The van der Waals surface area contributed by atoms with Gasteiger partial charge in [0.2, 0.25) is 0 Å². The fourth-order valence-corrected chi connectivity index (χ4v) is 3.61. The number of sulfone groups is 1. The highest BCUT2D eigenvalue weighted by Crippen LogP contribution is 2.19. The first-order valence-corrected chi connectivity index (χ1v) is 8.10. The summed E-state index contributed by atoms with van der Waals surface area (Å²) in [4.78, 5) is 13.9. The zero-order valence-corrected chi connectivity index (χ0v) is 12.3. The highest BCUT2D eigenvalue weighted by Gasteiger charge is 2.30. The van der Waals surface area contributed by atoms with Crippen molar-refractivity contribution in [1.82, 2.24) is 4.90 Å². The molecule has 2 rings (SSSR count). The fourth-order valence-electron chi connectivity index (χ4n) is 2.27. The van der Waals surface area contributed by atoms with Crippen molar-refractivity contribution in [1.29, 1.82) is 0 Å². The summed E-state index contributed by atoms with van der Waals surface area (Å²) in [6.45, 7) is 6.01. The normalized spacial score (nSPS) is 23.1. The van der Waals surface area contributed by atoms with Crippen LogP contribution in [0.4, 0.5) is 0 Å². The molecule has 1 aliphatic rings. The highest BCUT2D eigenvalue weighted by molar-refractivity contribution is 7.92. The van der Waals surface area contributed by atoms with Crippen LogP contribution in [0.2, 0.25) is 0 Å². The topological polar surface area (TPSA) is 67.6 Å². The second-order valence-corrected chi connectivity index (χ2v) is 7.67. The van der Waals surface area contributed by atoms with Gasteiger partial charge in [0.15, 0.2) is 15.6 Å². The first-order valence-electron chi connectivity index (χ1n) is 6.39. The van der Waals surface area contributed by atoms with Gasteiger partial charge in [0.25, 0.3) is 5.91 Å². The van der Waals surface area contributed by atoms with Crippen molar-refractivity contribution in [3.63, 3.8) is 0 Å². The summed E-state index contributed by atoms with van der Waals surface area (Å²) in [5, 5.41) is -0.385. The van der Waals surface area contributed by atoms with Crippen LogP contribution in [0.15, 0.2) is 10.5 Å². The first-order chi connectivity index (χ1) is 8.81. The Labute approximate surface area is 113 Å². The maximum absolute atomic E-state index is 12.3. The Morgan fingerprint density at radius 1 is 1.37 bits per heavy atom. The summed E-state index contributed by atoms with van der Waals surface area (Å²) in [5.41, 5.74) is 0.794. The van der Waals surface area contributed by atoms with Crippen LogP contribution >= 0.6 is 0 Å². The predicted octanol–water partition coefficient (Wildman–Crippen LogP) is 1.55. The van der Waals surface area contributed by atoms with E-state index in [1.165, 1.54) is 0 Å². The Morgan fingerprint density at radius 3 is 2.63 bits per heavy atom. The van der Waals surface area contributed by atoms with E-state index in [1.54, 1.807) is 18.7 Å². The third-order valence-corrected chi connectivity index (χ3v) is 5.80. The molecule has 1 atom stereocenters. The van der Waals surface area contributed by atoms with Gasteiger partial charge in [-0.3, -0.25) is 4.79 Å². The van der Waals surface area contributed by atoms with E-state index < -0.39 is 9.84 Å². The molecule has 6 heteroatoms. The third kappa shape index (κ3) is 2.83. The summed E-state index contributed by atoms with van der Waals surface area (Å²) in [5.74, 6) is 0.828. The summed E-state index contributed by atoms with van der Waals surface area (Å²) in [6.07, 6.45) is 0.479. The van der Waals surface area contributed by atoms with E-state index in [4.69, 9.17) is 4.42 Å². The molecule has 1 fully saturated rings. The summed E-state index contributed by atoms with van der Waals surface area (Å²) >= 11 is 0. The molecular formula is C13H19NO4S. The minimum Gasteiger partial charge on any atom is -0.456 e. The van der Waals surface area contributed by atoms with Gasteiger partial charge in [-0.15, -0.1) is 0 Å². The molecule has 106 valence electrons. The van der Waals surface area contributed by atoms with Crippen LogP contribution in [-0.2, 0) is 9.84 Å². The SMILES string of the molecule is Cc1cc(C)c(C(=O)N2CCC(C)S(=O)(=O)CC2)o1. The highest BCUT2D eigenvalue weighted by atomic mass is 32.2. The standard InChI is InChI=1S/C13H19NO4S/c1-9-8-10(2)18-12(9)13(15)14-5-4-11(3)19(16,17)7-6-14/h8,11H,4-7H2,1-3H3. The molecule has 1 aromatic rings. The van der Waals surface area contributed by atoms with Crippen molar-refractivity contribution in [3.8, 4) is 0 Å². The number of furan rings is 1. The third-order valence-electron chi connectivity index (χ3n) is 3.59. The lowest BCUT2D eigenvalue weighted by Gasteiger charge is -2.18. The Bertz CT molecular complexity index is 588. The quantitative estimate of drug-likeness (QED) is 0.785. The second kappa shape index (κ2) is 5.00. The van der Waals surface area contributed by atoms with Gasteiger partial charge in [-0.1, -0.05) is 0 Å². The van der Waals surface area contributed by atoms with Crippen molar-refractivity contribution in [2.75, 3.05) is 18.8 Å². The molecule has 0 spiro atoms. The Morgan fingerprint density at radius 2 is 2.05 bits per heavy atom. The number of aryl methyl sites for hydroxylation is 2.